The number of nitrogens with zero attached hydrogens (tertiary/aromatic N) is 2. The lowest BCUT2D eigenvalue weighted by molar-refractivity contribution is 0.552. The highest BCUT2D eigenvalue weighted by Gasteiger charge is 2.27. The van der Waals surface area contributed by atoms with Crippen molar-refractivity contribution in [1.82, 2.24) is 4.98 Å². The third kappa shape index (κ3) is 1.98. The zero-order valence-corrected chi connectivity index (χ0v) is 10.9. The smallest absolute Gasteiger partial charge is 0.0771 e. The lowest BCUT2D eigenvalue weighted by Crippen LogP contribution is -2.19. The lowest BCUT2D eigenvalue weighted by atomic mass is 9.92. The Balaban J connectivity index is 2.63. The maximum atomic E-state index is 12.6. The minimum absolute atomic E-state index is 0.0842. The van der Waals surface area contributed by atoms with E-state index in [4.69, 9.17) is 0 Å². The molecule has 1 unspecified atom stereocenters. The maximum Gasteiger partial charge on any atom is 0.0771 e. The summed E-state index contributed by atoms with van der Waals surface area (Å²) >= 11 is 0. The Morgan fingerprint density at radius 1 is 1.38 bits per heavy atom. The van der Waals surface area contributed by atoms with Gasteiger partial charge < -0.3 is 0 Å². The van der Waals surface area contributed by atoms with Gasteiger partial charge in [0.15, 0.2) is 0 Å². The highest BCUT2D eigenvalue weighted by Crippen LogP contribution is 2.30. The third-order valence-electron chi connectivity index (χ3n) is 2.70. The lowest BCUT2D eigenvalue weighted by Gasteiger charge is -2.21. The Labute approximate surface area is 97.5 Å². The average molecular weight is 238 g/mol. The van der Waals surface area contributed by atoms with E-state index in [0.717, 1.165) is 23.6 Å². The first-order valence-corrected chi connectivity index (χ1v) is 7.28. The van der Waals surface area contributed by atoms with Gasteiger partial charge in [-0.15, -0.1) is 0 Å². The van der Waals surface area contributed by atoms with E-state index in [-0.39, 0.29) is 5.41 Å². The molecule has 16 heavy (non-hydrogen) atoms. The van der Waals surface area contributed by atoms with Crippen LogP contribution >= 0.6 is 0 Å². The molecule has 1 aromatic heterocycles. The van der Waals surface area contributed by atoms with Crippen molar-refractivity contribution in [2.45, 2.75) is 37.5 Å². The van der Waals surface area contributed by atoms with Gasteiger partial charge in [-0.1, -0.05) is 20.8 Å². The number of pyridine rings is 1. The van der Waals surface area contributed by atoms with Gasteiger partial charge in [0.05, 0.1) is 20.3 Å². The Hall–Kier alpha value is -0.900. The van der Waals surface area contributed by atoms with Crippen molar-refractivity contribution in [2.75, 3.05) is 12.3 Å². The molecular formula is C12H18N2OS. The molecule has 88 valence electrons. The number of aromatic nitrogens is 1. The summed E-state index contributed by atoms with van der Waals surface area (Å²) in [7, 11) is -2.18. The van der Waals surface area contributed by atoms with Crippen LogP contribution in [0.2, 0.25) is 0 Å². The van der Waals surface area contributed by atoms with Crippen LogP contribution in [-0.4, -0.2) is 21.5 Å². The summed E-state index contributed by atoms with van der Waals surface area (Å²) in [5, 5.41) is 0. The average Bonchev–Trinajstić information content (AvgIpc) is 2.65. The molecule has 1 aliphatic heterocycles. The molecule has 0 aromatic carbocycles. The van der Waals surface area contributed by atoms with Gasteiger partial charge in [-0.25, -0.2) is 8.57 Å². The van der Waals surface area contributed by atoms with Crippen molar-refractivity contribution < 1.29 is 4.21 Å². The van der Waals surface area contributed by atoms with E-state index < -0.39 is 9.73 Å². The highest BCUT2D eigenvalue weighted by molar-refractivity contribution is 7.93. The fraction of sp³-hybridized carbons (Fsp3) is 0.583. The molecule has 1 atom stereocenters. The molecule has 0 spiro atoms. The molecule has 2 heterocycles. The molecule has 0 aliphatic carbocycles. The topological polar surface area (TPSA) is 42.3 Å². The Morgan fingerprint density at radius 3 is 2.69 bits per heavy atom. The molecule has 0 saturated heterocycles. The fourth-order valence-electron chi connectivity index (χ4n) is 1.93. The predicted molar refractivity (Wildman–Crippen MR) is 66.1 cm³/mol. The van der Waals surface area contributed by atoms with Gasteiger partial charge in [-0.3, -0.25) is 4.98 Å². The molecule has 3 nitrogen and oxygen atoms in total. The van der Waals surface area contributed by atoms with Crippen LogP contribution in [0.4, 0.5) is 0 Å². The fourth-order valence-corrected chi connectivity index (χ4v) is 4.31. The van der Waals surface area contributed by atoms with Crippen LogP contribution in [0.1, 0.15) is 32.9 Å². The molecule has 2 rings (SSSR count). The minimum Gasteiger partial charge on any atom is -0.259 e. The van der Waals surface area contributed by atoms with E-state index in [1.54, 1.807) is 6.20 Å². The zero-order chi connectivity index (χ0) is 11.8. The number of hydrogen-bond donors (Lipinski definition) is 0. The summed E-state index contributed by atoms with van der Waals surface area (Å²) in [6, 6.07) is 3.77. The first-order valence-electron chi connectivity index (χ1n) is 5.60. The van der Waals surface area contributed by atoms with Crippen molar-refractivity contribution >= 4 is 9.73 Å². The third-order valence-corrected chi connectivity index (χ3v) is 5.16. The Bertz CT molecular complexity index is 508. The molecule has 1 aliphatic rings. The van der Waals surface area contributed by atoms with E-state index in [1.807, 2.05) is 12.1 Å². The van der Waals surface area contributed by atoms with E-state index in [2.05, 4.69) is 30.1 Å². The first kappa shape index (κ1) is 11.6. The second-order valence-corrected chi connectivity index (χ2v) is 7.54. The normalized spacial score (nSPS) is 25.4. The Morgan fingerprint density at radius 2 is 2.12 bits per heavy atom. The first-order chi connectivity index (χ1) is 7.43. The van der Waals surface area contributed by atoms with Crippen LogP contribution in [0.5, 0.6) is 0 Å². The van der Waals surface area contributed by atoms with E-state index in [1.165, 1.54) is 0 Å². The second kappa shape index (κ2) is 3.84. The van der Waals surface area contributed by atoms with E-state index in [0.29, 0.717) is 5.75 Å². The molecule has 0 radical (unpaired) electrons. The molecule has 0 fully saturated rings. The van der Waals surface area contributed by atoms with E-state index in [9.17, 15) is 4.21 Å². The van der Waals surface area contributed by atoms with Crippen LogP contribution in [-0.2, 0) is 15.1 Å². The maximum absolute atomic E-state index is 12.6. The summed E-state index contributed by atoms with van der Waals surface area (Å²) in [6.45, 7) is 7.00. The van der Waals surface area contributed by atoms with Gasteiger partial charge in [0.25, 0.3) is 0 Å². The summed E-state index contributed by atoms with van der Waals surface area (Å²) in [4.78, 5) is 5.25. The molecule has 4 heteroatoms. The van der Waals surface area contributed by atoms with Crippen molar-refractivity contribution in [3.05, 3.63) is 24.0 Å². The van der Waals surface area contributed by atoms with Gasteiger partial charge in [0.1, 0.15) is 0 Å². The van der Waals surface area contributed by atoms with Crippen LogP contribution in [0.3, 0.4) is 0 Å². The monoisotopic (exact) mass is 238 g/mol. The van der Waals surface area contributed by atoms with Gasteiger partial charge in [0, 0.05) is 23.9 Å². The summed E-state index contributed by atoms with van der Waals surface area (Å²) in [6.07, 6.45) is 2.69. The van der Waals surface area contributed by atoms with Crippen LogP contribution < -0.4 is 0 Å². The molecule has 0 amide bonds. The largest absolute Gasteiger partial charge is 0.259 e. The van der Waals surface area contributed by atoms with Crippen molar-refractivity contribution in [3.8, 4) is 0 Å². The predicted octanol–water partition coefficient (Wildman–Crippen LogP) is 2.61. The highest BCUT2D eigenvalue weighted by atomic mass is 32.2. The molecule has 0 bridgehead atoms. The van der Waals surface area contributed by atoms with Crippen molar-refractivity contribution in [3.63, 3.8) is 0 Å². The van der Waals surface area contributed by atoms with Crippen molar-refractivity contribution in [1.29, 1.82) is 0 Å². The summed E-state index contributed by atoms with van der Waals surface area (Å²) in [5.74, 6) is 0.682. The van der Waals surface area contributed by atoms with Crippen LogP contribution in [0, 0.1) is 0 Å². The number of hydrogen-bond acceptors (Lipinski definition) is 3. The quantitative estimate of drug-likeness (QED) is 0.754. The molecular weight excluding hydrogens is 220 g/mol. The second-order valence-electron chi connectivity index (χ2n) is 5.15. The van der Waals surface area contributed by atoms with Crippen LogP contribution in [0.25, 0.3) is 0 Å². The van der Waals surface area contributed by atoms with Gasteiger partial charge in [-0.2, -0.15) is 0 Å². The molecule has 1 aromatic rings. The standard InChI is InChI=1S/C12H18N2OS/c1-12(2,3)11-10(6-4-7-13-11)16(15)9-5-8-14-16/h4,6-7H,5,8-9H2,1-3H3. The van der Waals surface area contributed by atoms with Crippen molar-refractivity contribution in [2.24, 2.45) is 4.36 Å². The van der Waals surface area contributed by atoms with E-state index >= 15 is 0 Å². The zero-order valence-electron chi connectivity index (χ0n) is 10.1. The van der Waals surface area contributed by atoms with Gasteiger partial charge in [-0.05, 0) is 18.6 Å². The van der Waals surface area contributed by atoms with Gasteiger partial charge in [0.2, 0.25) is 0 Å². The van der Waals surface area contributed by atoms with Gasteiger partial charge >= 0.3 is 0 Å². The number of rotatable bonds is 1. The SMILES string of the molecule is CC(C)(C)c1ncccc1S1(=O)=NCCC1. The molecule has 0 N–H and O–H groups in total. The van der Waals surface area contributed by atoms with Crippen LogP contribution in [0.15, 0.2) is 27.6 Å². The minimum atomic E-state index is -2.18. The Kier molecular flexibility index (Phi) is 2.78. The summed E-state index contributed by atoms with van der Waals surface area (Å²) in [5.41, 5.74) is 0.838. The molecule has 0 saturated carbocycles. The summed E-state index contributed by atoms with van der Waals surface area (Å²) < 4.78 is 16.9.